The molecule has 0 aliphatic heterocycles. The summed E-state index contributed by atoms with van der Waals surface area (Å²) in [6.45, 7) is 2.13. The van der Waals surface area contributed by atoms with Crippen molar-refractivity contribution in [3.05, 3.63) is 35.9 Å². The van der Waals surface area contributed by atoms with Crippen molar-refractivity contribution in [2.24, 2.45) is 5.92 Å². The highest BCUT2D eigenvalue weighted by molar-refractivity contribution is 7.91. The van der Waals surface area contributed by atoms with Gasteiger partial charge in [0.25, 0.3) is 0 Å². The smallest absolute Gasteiger partial charge is 0.178 e. The minimum atomic E-state index is -3.15. The normalized spacial score (nSPS) is 17.4. The molecule has 0 saturated heterocycles. The standard InChI is InChI=1S/C18H26O2S/c1-2-3-5-9-16-12-8-13-18(14-16)21(19,20)15-17-10-6-4-7-11-17/h5,8-9,12-14,17H,2-4,6-7,10-11,15H2,1H3. The molecule has 0 heterocycles. The lowest BCUT2D eigenvalue weighted by Gasteiger charge is -2.21. The second-order valence-corrected chi connectivity index (χ2v) is 8.08. The lowest BCUT2D eigenvalue weighted by molar-refractivity contribution is 0.385. The molecule has 1 aromatic rings. The zero-order chi connectivity index (χ0) is 15.1. The molecule has 1 aromatic carbocycles. The maximum absolute atomic E-state index is 12.6. The minimum Gasteiger partial charge on any atom is -0.224 e. The fourth-order valence-corrected chi connectivity index (χ4v) is 4.71. The molecule has 116 valence electrons. The van der Waals surface area contributed by atoms with Crippen molar-refractivity contribution in [2.45, 2.75) is 56.8 Å². The zero-order valence-corrected chi connectivity index (χ0v) is 13.7. The minimum absolute atomic E-state index is 0.315. The number of hydrogen-bond acceptors (Lipinski definition) is 2. The summed E-state index contributed by atoms with van der Waals surface area (Å²) in [5.41, 5.74) is 0.980. The predicted molar refractivity (Wildman–Crippen MR) is 89.0 cm³/mol. The monoisotopic (exact) mass is 306 g/mol. The van der Waals surface area contributed by atoms with Crippen LogP contribution in [0.1, 0.15) is 57.4 Å². The Hall–Kier alpha value is -1.09. The second kappa shape index (κ2) is 7.79. The molecule has 1 fully saturated rings. The molecule has 2 rings (SSSR count). The molecule has 0 atom stereocenters. The molecule has 0 N–H and O–H groups in total. The summed E-state index contributed by atoms with van der Waals surface area (Å²) in [6.07, 6.45) is 12.0. The highest BCUT2D eigenvalue weighted by Gasteiger charge is 2.22. The number of unbranched alkanes of at least 4 members (excludes halogenated alkanes) is 1. The summed E-state index contributed by atoms with van der Waals surface area (Å²) in [4.78, 5) is 0.478. The average molecular weight is 306 g/mol. The highest BCUT2D eigenvalue weighted by atomic mass is 32.2. The number of sulfone groups is 1. The van der Waals surface area contributed by atoms with Gasteiger partial charge in [-0.25, -0.2) is 8.42 Å². The van der Waals surface area contributed by atoms with E-state index in [0.717, 1.165) is 31.2 Å². The van der Waals surface area contributed by atoms with E-state index in [0.29, 0.717) is 16.6 Å². The van der Waals surface area contributed by atoms with Crippen LogP contribution in [0.15, 0.2) is 35.2 Å². The number of allylic oxidation sites excluding steroid dienone is 1. The Bertz CT molecular complexity index is 567. The predicted octanol–water partition coefficient (Wildman–Crippen LogP) is 4.85. The largest absolute Gasteiger partial charge is 0.224 e. The molecule has 21 heavy (non-hydrogen) atoms. The molecular weight excluding hydrogens is 280 g/mol. The first kappa shape index (κ1) is 16.3. The summed E-state index contributed by atoms with van der Waals surface area (Å²) in [6, 6.07) is 7.35. The van der Waals surface area contributed by atoms with E-state index in [1.54, 1.807) is 6.07 Å². The van der Waals surface area contributed by atoms with Gasteiger partial charge in [-0.1, -0.05) is 56.9 Å². The Kier molecular flexibility index (Phi) is 6.04. The fourth-order valence-electron chi connectivity index (χ4n) is 2.96. The van der Waals surface area contributed by atoms with E-state index < -0.39 is 9.84 Å². The third-order valence-corrected chi connectivity index (χ3v) is 6.05. The van der Waals surface area contributed by atoms with Crippen LogP contribution in [0.2, 0.25) is 0 Å². The van der Waals surface area contributed by atoms with Gasteiger partial charge >= 0.3 is 0 Å². The first-order valence-corrected chi connectivity index (χ1v) is 9.76. The van der Waals surface area contributed by atoms with Crippen LogP contribution in [0.25, 0.3) is 6.08 Å². The van der Waals surface area contributed by atoms with Crippen LogP contribution in [-0.4, -0.2) is 14.2 Å². The van der Waals surface area contributed by atoms with E-state index in [1.807, 2.05) is 24.3 Å². The molecule has 0 unspecified atom stereocenters. The Morgan fingerprint density at radius 2 is 1.95 bits per heavy atom. The second-order valence-electron chi connectivity index (χ2n) is 6.05. The third kappa shape index (κ3) is 4.99. The summed E-state index contributed by atoms with van der Waals surface area (Å²) in [5.74, 6) is 0.665. The van der Waals surface area contributed by atoms with Gasteiger partial charge in [-0.05, 0) is 42.9 Å². The zero-order valence-electron chi connectivity index (χ0n) is 12.9. The van der Waals surface area contributed by atoms with Crippen LogP contribution in [0.5, 0.6) is 0 Å². The third-order valence-electron chi connectivity index (χ3n) is 4.16. The average Bonchev–Trinajstić information content (AvgIpc) is 2.48. The van der Waals surface area contributed by atoms with E-state index in [1.165, 1.54) is 19.3 Å². The van der Waals surface area contributed by atoms with Crippen molar-refractivity contribution < 1.29 is 8.42 Å². The summed E-state index contributed by atoms with van der Waals surface area (Å²) < 4.78 is 25.1. The van der Waals surface area contributed by atoms with E-state index >= 15 is 0 Å². The van der Waals surface area contributed by atoms with Gasteiger partial charge in [0.15, 0.2) is 9.84 Å². The van der Waals surface area contributed by atoms with Gasteiger partial charge in [-0.3, -0.25) is 0 Å². The summed E-state index contributed by atoms with van der Waals surface area (Å²) in [5, 5.41) is 0. The van der Waals surface area contributed by atoms with Crippen LogP contribution < -0.4 is 0 Å². The van der Waals surface area contributed by atoms with Crippen molar-refractivity contribution in [1.29, 1.82) is 0 Å². The first-order valence-electron chi connectivity index (χ1n) is 8.11. The maximum Gasteiger partial charge on any atom is 0.178 e. The molecule has 1 aliphatic carbocycles. The maximum atomic E-state index is 12.6. The van der Waals surface area contributed by atoms with Crippen molar-refractivity contribution in [3.8, 4) is 0 Å². The van der Waals surface area contributed by atoms with Crippen LogP contribution in [0.4, 0.5) is 0 Å². The number of hydrogen-bond donors (Lipinski definition) is 0. The molecule has 0 radical (unpaired) electrons. The molecule has 1 saturated carbocycles. The van der Waals surface area contributed by atoms with Gasteiger partial charge in [0.1, 0.15) is 0 Å². The van der Waals surface area contributed by atoms with E-state index in [4.69, 9.17) is 0 Å². The van der Waals surface area contributed by atoms with E-state index in [9.17, 15) is 8.42 Å². The van der Waals surface area contributed by atoms with Gasteiger partial charge in [-0.2, -0.15) is 0 Å². The van der Waals surface area contributed by atoms with Gasteiger partial charge in [0.05, 0.1) is 10.6 Å². The molecule has 0 spiro atoms. The lowest BCUT2D eigenvalue weighted by atomic mass is 9.91. The van der Waals surface area contributed by atoms with Gasteiger partial charge in [0.2, 0.25) is 0 Å². The van der Waals surface area contributed by atoms with Crippen molar-refractivity contribution in [1.82, 2.24) is 0 Å². The molecule has 0 bridgehead atoms. The molecule has 0 amide bonds. The summed E-state index contributed by atoms with van der Waals surface area (Å²) >= 11 is 0. The van der Waals surface area contributed by atoms with Gasteiger partial charge in [-0.15, -0.1) is 0 Å². The Balaban J connectivity index is 2.10. The lowest BCUT2D eigenvalue weighted by Crippen LogP contribution is -2.18. The van der Waals surface area contributed by atoms with Crippen LogP contribution in [-0.2, 0) is 9.84 Å². The molecule has 3 heteroatoms. The number of rotatable bonds is 6. The molecule has 2 nitrogen and oxygen atoms in total. The topological polar surface area (TPSA) is 34.1 Å². The van der Waals surface area contributed by atoms with Crippen molar-refractivity contribution >= 4 is 15.9 Å². The quantitative estimate of drug-likeness (QED) is 0.752. The fraction of sp³-hybridized carbons (Fsp3) is 0.556. The van der Waals surface area contributed by atoms with Crippen LogP contribution >= 0.6 is 0 Å². The first-order chi connectivity index (χ1) is 10.1. The Labute approximate surface area is 129 Å². The van der Waals surface area contributed by atoms with Gasteiger partial charge < -0.3 is 0 Å². The van der Waals surface area contributed by atoms with Crippen LogP contribution in [0.3, 0.4) is 0 Å². The van der Waals surface area contributed by atoms with Crippen molar-refractivity contribution in [3.63, 3.8) is 0 Å². The number of benzene rings is 1. The Morgan fingerprint density at radius 1 is 1.19 bits per heavy atom. The highest BCUT2D eigenvalue weighted by Crippen LogP contribution is 2.27. The van der Waals surface area contributed by atoms with Crippen LogP contribution in [0, 0.1) is 5.92 Å². The summed E-state index contributed by atoms with van der Waals surface area (Å²) in [7, 11) is -3.15. The Morgan fingerprint density at radius 3 is 2.67 bits per heavy atom. The molecular formula is C18H26O2S. The van der Waals surface area contributed by atoms with E-state index in [-0.39, 0.29) is 0 Å². The van der Waals surface area contributed by atoms with Crippen molar-refractivity contribution in [2.75, 3.05) is 5.75 Å². The molecule has 0 aromatic heterocycles. The van der Waals surface area contributed by atoms with Gasteiger partial charge in [0, 0.05) is 0 Å². The molecule has 1 aliphatic rings. The SMILES string of the molecule is CCCC=Cc1cccc(S(=O)(=O)CC2CCCCC2)c1. The van der Waals surface area contributed by atoms with E-state index in [2.05, 4.69) is 13.0 Å².